The molecule has 1 amide bonds. The minimum Gasteiger partial charge on any atom is -0.452 e. The number of ether oxygens (including phenoxy) is 1. The van der Waals surface area contributed by atoms with Crippen LogP contribution in [0, 0.1) is 19.7 Å². The van der Waals surface area contributed by atoms with Crippen LogP contribution in [0.25, 0.3) is 0 Å². The summed E-state index contributed by atoms with van der Waals surface area (Å²) in [4.78, 5) is 23.7. The number of anilines is 1. The number of rotatable bonds is 4. The van der Waals surface area contributed by atoms with Gasteiger partial charge in [0.2, 0.25) is 0 Å². The average molecular weight is 301 g/mol. The molecule has 22 heavy (non-hydrogen) atoms. The number of carbonyl (C=O) groups is 2. The van der Waals surface area contributed by atoms with Crippen LogP contribution in [-0.2, 0) is 9.53 Å². The SMILES string of the molecule is Cc1ccc(C)c(C(=O)OCC(=O)Nc2cccc(F)c2)c1. The molecule has 0 unspecified atom stereocenters. The molecule has 2 aromatic carbocycles. The van der Waals surface area contributed by atoms with Gasteiger partial charge in [0.1, 0.15) is 5.82 Å². The zero-order valence-corrected chi connectivity index (χ0v) is 12.4. The zero-order valence-electron chi connectivity index (χ0n) is 12.4. The summed E-state index contributed by atoms with van der Waals surface area (Å²) in [6.45, 7) is 3.23. The van der Waals surface area contributed by atoms with Gasteiger partial charge in [0.25, 0.3) is 5.91 Å². The molecule has 0 aliphatic heterocycles. The van der Waals surface area contributed by atoms with Crippen molar-refractivity contribution < 1.29 is 18.7 Å². The third-order valence-corrected chi connectivity index (χ3v) is 3.06. The van der Waals surface area contributed by atoms with Crippen LogP contribution in [0.1, 0.15) is 21.5 Å². The van der Waals surface area contributed by atoms with Crippen molar-refractivity contribution in [1.82, 2.24) is 0 Å². The highest BCUT2D eigenvalue weighted by Gasteiger charge is 2.13. The van der Waals surface area contributed by atoms with E-state index in [2.05, 4.69) is 5.32 Å². The van der Waals surface area contributed by atoms with Gasteiger partial charge in [-0.25, -0.2) is 9.18 Å². The topological polar surface area (TPSA) is 55.4 Å². The van der Waals surface area contributed by atoms with E-state index in [0.717, 1.165) is 11.1 Å². The van der Waals surface area contributed by atoms with Crippen LogP contribution in [-0.4, -0.2) is 18.5 Å². The summed E-state index contributed by atoms with van der Waals surface area (Å²) >= 11 is 0. The van der Waals surface area contributed by atoms with Crippen LogP contribution in [0.4, 0.5) is 10.1 Å². The first-order valence-corrected chi connectivity index (χ1v) is 6.75. The van der Waals surface area contributed by atoms with Gasteiger partial charge in [0, 0.05) is 5.69 Å². The number of benzene rings is 2. The average Bonchev–Trinajstić information content (AvgIpc) is 2.47. The van der Waals surface area contributed by atoms with Crippen molar-refractivity contribution in [3.05, 3.63) is 65.0 Å². The number of hydrogen-bond acceptors (Lipinski definition) is 3. The van der Waals surface area contributed by atoms with Crippen molar-refractivity contribution in [2.75, 3.05) is 11.9 Å². The largest absolute Gasteiger partial charge is 0.452 e. The Morgan fingerprint density at radius 3 is 2.64 bits per heavy atom. The Kier molecular flexibility index (Phi) is 4.88. The monoisotopic (exact) mass is 301 g/mol. The number of hydrogen-bond donors (Lipinski definition) is 1. The van der Waals surface area contributed by atoms with Crippen LogP contribution in [0.5, 0.6) is 0 Å². The van der Waals surface area contributed by atoms with E-state index in [0.29, 0.717) is 11.3 Å². The fourth-order valence-electron chi connectivity index (χ4n) is 1.93. The molecular weight excluding hydrogens is 285 g/mol. The van der Waals surface area contributed by atoms with Crippen LogP contribution >= 0.6 is 0 Å². The van der Waals surface area contributed by atoms with E-state index >= 15 is 0 Å². The minimum absolute atomic E-state index is 0.313. The first-order chi connectivity index (χ1) is 10.5. The summed E-state index contributed by atoms with van der Waals surface area (Å²) < 4.78 is 18.0. The van der Waals surface area contributed by atoms with E-state index in [1.807, 2.05) is 19.1 Å². The highest BCUT2D eigenvalue weighted by Crippen LogP contribution is 2.12. The third-order valence-electron chi connectivity index (χ3n) is 3.06. The molecule has 0 fully saturated rings. The van der Waals surface area contributed by atoms with Gasteiger partial charge in [-0.05, 0) is 43.7 Å². The quantitative estimate of drug-likeness (QED) is 0.882. The fourth-order valence-corrected chi connectivity index (χ4v) is 1.93. The van der Waals surface area contributed by atoms with Gasteiger partial charge in [-0.15, -0.1) is 0 Å². The second-order valence-electron chi connectivity index (χ2n) is 4.95. The molecular formula is C17H16FNO3. The molecule has 0 heterocycles. The highest BCUT2D eigenvalue weighted by molar-refractivity contribution is 5.96. The number of nitrogens with one attached hydrogen (secondary N) is 1. The second-order valence-corrected chi connectivity index (χ2v) is 4.95. The molecule has 0 aliphatic rings. The summed E-state index contributed by atoms with van der Waals surface area (Å²) in [5.74, 6) is -1.54. The summed E-state index contributed by atoms with van der Waals surface area (Å²) in [5, 5.41) is 2.46. The Morgan fingerprint density at radius 2 is 1.91 bits per heavy atom. The summed E-state index contributed by atoms with van der Waals surface area (Å²) in [7, 11) is 0. The molecule has 4 nitrogen and oxygen atoms in total. The van der Waals surface area contributed by atoms with Gasteiger partial charge >= 0.3 is 5.97 Å². The lowest BCUT2D eigenvalue weighted by Gasteiger charge is -2.08. The number of esters is 1. The van der Waals surface area contributed by atoms with Gasteiger partial charge in [0.05, 0.1) is 5.56 Å². The van der Waals surface area contributed by atoms with Crippen LogP contribution in [0.15, 0.2) is 42.5 Å². The minimum atomic E-state index is -0.560. The highest BCUT2D eigenvalue weighted by atomic mass is 19.1. The van der Waals surface area contributed by atoms with Gasteiger partial charge in [-0.1, -0.05) is 23.8 Å². The van der Waals surface area contributed by atoms with Crippen LogP contribution in [0.2, 0.25) is 0 Å². The molecule has 0 saturated heterocycles. The number of carbonyl (C=O) groups excluding carboxylic acids is 2. The molecule has 0 spiro atoms. The maximum absolute atomic E-state index is 13.0. The Hall–Kier alpha value is -2.69. The van der Waals surface area contributed by atoms with Gasteiger partial charge in [-0.2, -0.15) is 0 Å². The Balaban J connectivity index is 1.93. The zero-order chi connectivity index (χ0) is 16.1. The van der Waals surface area contributed by atoms with Crippen molar-refractivity contribution in [2.45, 2.75) is 13.8 Å². The number of amides is 1. The number of aryl methyl sites for hydroxylation is 2. The molecule has 0 radical (unpaired) electrons. The molecule has 1 N–H and O–H groups in total. The van der Waals surface area contributed by atoms with Gasteiger partial charge in [-0.3, -0.25) is 4.79 Å². The molecule has 114 valence electrons. The lowest BCUT2D eigenvalue weighted by atomic mass is 10.1. The Morgan fingerprint density at radius 1 is 1.14 bits per heavy atom. The van der Waals surface area contributed by atoms with Crippen molar-refractivity contribution in [1.29, 1.82) is 0 Å². The van der Waals surface area contributed by atoms with Crippen molar-refractivity contribution in [3.8, 4) is 0 Å². The van der Waals surface area contributed by atoms with E-state index in [1.165, 1.54) is 18.2 Å². The standard InChI is InChI=1S/C17H16FNO3/c1-11-6-7-12(2)15(8-11)17(21)22-10-16(20)19-14-5-3-4-13(18)9-14/h3-9H,10H2,1-2H3,(H,19,20). The predicted molar refractivity (Wildman–Crippen MR) is 81.2 cm³/mol. The van der Waals surface area contributed by atoms with E-state index in [1.54, 1.807) is 19.1 Å². The Bertz CT molecular complexity index is 713. The molecule has 0 bridgehead atoms. The maximum Gasteiger partial charge on any atom is 0.338 e. The molecule has 0 atom stereocenters. The van der Waals surface area contributed by atoms with Gasteiger partial charge < -0.3 is 10.1 Å². The smallest absolute Gasteiger partial charge is 0.338 e. The van der Waals surface area contributed by atoms with Crippen molar-refractivity contribution in [3.63, 3.8) is 0 Å². The van der Waals surface area contributed by atoms with Crippen LogP contribution in [0.3, 0.4) is 0 Å². The molecule has 0 aromatic heterocycles. The van der Waals surface area contributed by atoms with E-state index in [9.17, 15) is 14.0 Å². The third kappa shape index (κ3) is 4.15. The summed E-state index contributed by atoms with van der Waals surface area (Å²) in [6.07, 6.45) is 0. The maximum atomic E-state index is 13.0. The Labute approximate surface area is 127 Å². The molecule has 2 rings (SSSR count). The molecule has 2 aromatic rings. The lowest BCUT2D eigenvalue weighted by Crippen LogP contribution is -2.21. The lowest BCUT2D eigenvalue weighted by molar-refractivity contribution is -0.119. The predicted octanol–water partition coefficient (Wildman–Crippen LogP) is 3.24. The van der Waals surface area contributed by atoms with Crippen LogP contribution < -0.4 is 5.32 Å². The van der Waals surface area contributed by atoms with E-state index < -0.39 is 24.3 Å². The normalized spacial score (nSPS) is 10.1. The first kappa shape index (κ1) is 15.7. The number of halogens is 1. The molecule has 0 saturated carbocycles. The van der Waals surface area contributed by atoms with E-state index in [4.69, 9.17) is 4.74 Å². The molecule has 0 aliphatic carbocycles. The second kappa shape index (κ2) is 6.85. The first-order valence-electron chi connectivity index (χ1n) is 6.75. The summed E-state index contributed by atoms with van der Waals surface area (Å²) in [6, 6.07) is 10.9. The van der Waals surface area contributed by atoms with E-state index in [-0.39, 0.29) is 0 Å². The van der Waals surface area contributed by atoms with Crippen molar-refractivity contribution >= 4 is 17.6 Å². The molecule has 5 heteroatoms. The summed E-state index contributed by atoms with van der Waals surface area (Å²) in [5.41, 5.74) is 2.45. The van der Waals surface area contributed by atoms with Gasteiger partial charge in [0.15, 0.2) is 6.61 Å². The van der Waals surface area contributed by atoms with Crippen molar-refractivity contribution in [2.24, 2.45) is 0 Å². The fraction of sp³-hybridized carbons (Fsp3) is 0.176.